The second-order valence-electron chi connectivity index (χ2n) is 8.44. The van der Waals surface area contributed by atoms with Crippen LogP contribution in [0, 0.1) is 0 Å². The molecule has 1 aromatic heterocycles. The van der Waals surface area contributed by atoms with E-state index < -0.39 is 28.2 Å². The van der Waals surface area contributed by atoms with Gasteiger partial charge in [0.1, 0.15) is 14.8 Å². The van der Waals surface area contributed by atoms with E-state index in [0.29, 0.717) is 11.4 Å². The number of carbonyl (C=O) groups is 1. The average molecular weight is 470 g/mol. The van der Waals surface area contributed by atoms with Gasteiger partial charge in [-0.2, -0.15) is 0 Å². The number of benzene rings is 1. The standard InChI is InChI=1S/C20H31N5O4S2/c1-10(2)13-7-12(21)8-14(11(3)4)16(13)24-19(27)25-31(22,29)17-15(9-26)23-18(30-17)20(5,6)28/h7-8,10-11,26,28H,9,21H2,1-6H3,(H3,22,24,25,27,29). The minimum absolute atomic E-state index is 0.0180. The van der Waals surface area contributed by atoms with Crippen LogP contribution in [0.4, 0.5) is 16.2 Å². The van der Waals surface area contributed by atoms with Crippen LogP contribution in [0.1, 0.15) is 75.2 Å². The summed E-state index contributed by atoms with van der Waals surface area (Å²) < 4.78 is 16.8. The molecule has 11 heteroatoms. The summed E-state index contributed by atoms with van der Waals surface area (Å²) in [7, 11) is -3.71. The lowest BCUT2D eigenvalue weighted by Gasteiger charge is -2.20. The van der Waals surface area contributed by atoms with Crippen LogP contribution < -0.4 is 16.2 Å². The quantitative estimate of drug-likeness (QED) is 0.405. The molecule has 31 heavy (non-hydrogen) atoms. The molecule has 1 heterocycles. The zero-order valence-corrected chi connectivity index (χ0v) is 20.2. The van der Waals surface area contributed by atoms with E-state index in [0.717, 1.165) is 22.5 Å². The number of hydrogen-bond acceptors (Lipinski definition) is 7. The fraction of sp³-hybridized carbons (Fsp3) is 0.500. The SMILES string of the molecule is CC(C)c1cc(N)cc(C(C)C)c1NC(=O)N=S(N)(=O)c1sc(C(C)(C)O)nc1CO. The fourth-order valence-corrected chi connectivity index (χ4v) is 5.45. The zero-order valence-electron chi connectivity index (χ0n) is 18.6. The molecule has 1 atom stereocenters. The predicted octanol–water partition coefficient (Wildman–Crippen LogP) is 3.62. The van der Waals surface area contributed by atoms with Gasteiger partial charge < -0.3 is 21.3 Å². The summed E-state index contributed by atoms with van der Waals surface area (Å²) in [5.74, 6) is 0.130. The maximum absolute atomic E-state index is 13.1. The van der Waals surface area contributed by atoms with E-state index in [1.807, 2.05) is 27.7 Å². The molecular formula is C20H31N5O4S2. The van der Waals surface area contributed by atoms with E-state index in [1.165, 1.54) is 13.8 Å². The molecular weight excluding hydrogens is 438 g/mol. The summed E-state index contributed by atoms with van der Waals surface area (Å²) in [5, 5.41) is 28.6. The second-order valence-corrected chi connectivity index (χ2v) is 11.4. The lowest BCUT2D eigenvalue weighted by Crippen LogP contribution is -2.19. The van der Waals surface area contributed by atoms with Gasteiger partial charge in [-0.1, -0.05) is 27.7 Å². The third-order valence-electron chi connectivity index (χ3n) is 4.52. The first-order valence-electron chi connectivity index (χ1n) is 9.80. The number of nitrogens with two attached hydrogens (primary N) is 2. The van der Waals surface area contributed by atoms with Gasteiger partial charge in [0.2, 0.25) is 0 Å². The molecule has 0 bridgehead atoms. The van der Waals surface area contributed by atoms with Crippen LogP contribution in [0.5, 0.6) is 0 Å². The number of rotatable bonds is 6. The Kier molecular flexibility index (Phi) is 7.49. The summed E-state index contributed by atoms with van der Waals surface area (Å²) in [5.41, 5.74) is 7.52. The van der Waals surface area contributed by atoms with Crippen LogP contribution in [0.15, 0.2) is 20.7 Å². The van der Waals surface area contributed by atoms with Crippen molar-refractivity contribution < 1.29 is 19.2 Å². The highest BCUT2D eigenvalue weighted by molar-refractivity contribution is 7.93. The number of urea groups is 1. The first kappa shape index (κ1) is 25.2. The Hall–Kier alpha value is -2.05. The Balaban J connectivity index is 2.53. The highest BCUT2D eigenvalue weighted by Gasteiger charge is 2.27. The van der Waals surface area contributed by atoms with Crippen molar-refractivity contribution in [3.05, 3.63) is 34.0 Å². The summed E-state index contributed by atoms with van der Waals surface area (Å²) >= 11 is 0.852. The van der Waals surface area contributed by atoms with Gasteiger partial charge in [0.05, 0.1) is 12.3 Å². The number of nitrogens with zero attached hydrogens (tertiary/aromatic N) is 2. The number of aliphatic hydroxyl groups excluding tert-OH is 1. The maximum Gasteiger partial charge on any atom is 0.354 e. The Labute approximate surface area is 187 Å². The molecule has 0 aliphatic heterocycles. The van der Waals surface area contributed by atoms with Crippen molar-refractivity contribution in [2.45, 2.75) is 69.8 Å². The molecule has 172 valence electrons. The van der Waals surface area contributed by atoms with E-state index in [-0.39, 0.29) is 26.7 Å². The highest BCUT2D eigenvalue weighted by Crippen LogP contribution is 2.35. The summed E-state index contributed by atoms with van der Waals surface area (Å²) in [6, 6.07) is 2.69. The van der Waals surface area contributed by atoms with Gasteiger partial charge in [0, 0.05) is 11.4 Å². The topological polar surface area (TPSA) is 164 Å². The predicted molar refractivity (Wildman–Crippen MR) is 124 cm³/mol. The van der Waals surface area contributed by atoms with Crippen LogP contribution in [0.3, 0.4) is 0 Å². The van der Waals surface area contributed by atoms with Crippen molar-refractivity contribution in [3.63, 3.8) is 0 Å². The van der Waals surface area contributed by atoms with Crippen LogP contribution in [-0.2, 0) is 22.1 Å². The number of aliphatic hydroxyl groups is 2. The Morgan fingerprint density at radius 2 is 1.77 bits per heavy atom. The number of thiazole rings is 1. The van der Waals surface area contributed by atoms with Crippen molar-refractivity contribution in [3.8, 4) is 0 Å². The largest absolute Gasteiger partial charge is 0.399 e. The van der Waals surface area contributed by atoms with E-state index in [9.17, 15) is 19.2 Å². The van der Waals surface area contributed by atoms with Gasteiger partial charge in [-0.05, 0) is 48.9 Å². The second kappa shape index (κ2) is 9.21. The van der Waals surface area contributed by atoms with Crippen molar-refractivity contribution in [2.24, 2.45) is 9.50 Å². The summed E-state index contributed by atoms with van der Waals surface area (Å²) in [6.07, 6.45) is 0. The first-order chi connectivity index (χ1) is 14.2. The minimum atomic E-state index is -3.71. The average Bonchev–Trinajstić information content (AvgIpc) is 3.07. The van der Waals surface area contributed by atoms with E-state index in [4.69, 9.17) is 10.9 Å². The smallest absolute Gasteiger partial charge is 0.354 e. The van der Waals surface area contributed by atoms with Gasteiger partial charge in [-0.3, -0.25) is 0 Å². The molecule has 1 unspecified atom stereocenters. The third kappa shape index (κ3) is 5.80. The zero-order chi connectivity index (χ0) is 23.7. The molecule has 7 N–H and O–H groups in total. The molecule has 2 amide bonds. The number of anilines is 2. The van der Waals surface area contributed by atoms with Crippen LogP contribution in [0.25, 0.3) is 0 Å². The van der Waals surface area contributed by atoms with Crippen molar-refractivity contribution in [2.75, 3.05) is 11.1 Å². The molecule has 1 aromatic carbocycles. The van der Waals surface area contributed by atoms with Crippen molar-refractivity contribution in [1.29, 1.82) is 0 Å². The number of carbonyl (C=O) groups excluding carboxylic acids is 1. The molecule has 0 aliphatic carbocycles. The Morgan fingerprint density at radius 3 is 2.19 bits per heavy atom. The van der Waals surface area contributed by atoms with E-state index in [2.05, 4.69) is 14.7 Å². The lowest BCUT2D eigenvalue weighted by molar-refractivity contribution is 0.0779. The van der Waals surface area contributed by atoms with Crippen molar-refractivity contribution in [1.82, 2.24) is 4.98 Å². The third-order valence-corrected chi connectivity index (χ3v) is 7.89. The lowest BCUT2D eigenvalue weighted by atomic mass is 9.92. The van der Waals surface area contributed by atoms with Crippen molar-refractivity contribution >= 4 is 38.7 Å². The number of hydrogen-bond donors (Lipinski definition) is 5. The highest BCUT2D eigenvalue weighted by atomic mass is 32.2. The molecule has 0 aliphatic rings. The van der Waals surface area contributed by atoms with Crippen LogP contribution in [-0.4, -0.2) is 25.4 Å². The molecule has 9 nitrogen and oxygen atoms in total. The van der Waals surface area contributed by atoms with Gasteiger partial charge in [-0.15, -0.1) is 15.7 Å². The van der Waals surface area contributed by atoms with Gasteiger partial charge in [0.25, 0.3) is 0 Å². The molecule has 0 fully saturated rings. The van der Waals surface area contributed by atoms with E-state index in [1.54, 1.807) is 12.1 Å². The van der Waals surface area contributed by atoms with E-state index >= 15 is 0 Å². The molecule has 0 radical (unpaired) electrons. The van der Waals surface area contributed by atoms with Crippen LogP contribution >= 0.6 is 11.3 Å². The normalized spacial score (nSPS) is 14.0. The minimum Gasteiger partial charge on any atom is -0.399 e. The number of amides is 2. The molecule has 2 aromatic rings. The molecule has 0 spiro atoms. The maximum atomic E-state index is 13.1. The van der Waals surface area contributed by atoms with Gasteiger partial charge >= 0.3 is 6.03 Å². The number of aromatic nitrogens is 1. The summed E-state index contributed by atoms with van der Waals surface area (Å²) in [4.78, 5) is 16.8. The van der Waals surface area contributed by atoms with Gasteiger partial charge in [0.15, 0.2) is 9.92 Å². The fourth-order valence-electron chi connectivity index (χ4n) is 2.99. The molecule has 0 saturated carbocycles. The summed E-state index contributed by atoms with van der Waals surface area (Å²) in [6.45, 7) is 10.3. The molecule has 2 rings (SSSR count). The van der Waals surface area contributed by atoms with Gasteiger partial charge in [-0.25, -0.2) is 19.1 Å². The Bertz CT molecular complexity index is 1060. The first-order valence-corrected chi connectivity index (χ1v) is 12.2. The monoisotopic (exact) mass is 469 g/mol. The number of nitrogens with one attached hydrogen (secondary N) is 1. The van der Waals surface area contributed by atoms with Crippen LogP contribution in [0.2, 0.25) is 0 Å². The molecule has 0 saturated heterocycles. The number of nitrogen functional groups attached to an aromatic ring is 1. The Morgan fingerprint density at radius 1 is 1.26 bits per heavy atom.